The van der Waals surface area contributed by atoms with Crippen molar-refractivity contribution in [1.29, 1.82) is 0 Å². The SMILES string of the molecule is CCCNCc1cccc(F)c1N1CCNC(=O)C1C. The van der Waals surface area contributed by atoms with Gasteiger partial charge in [0.1, 0.15) is 11.9 Å². The van der Waals surface area contributed by atoms with Gasteiger partial charge in [0.2, 0.25) is 5.91 Å². The smallest absolute Gasteiger partial charge is 0.242 e. The minimum Gasteiger partial charge on any atom is -0.355 e. The number of piperazine rings is 1. The topological polar surface area (TPSA) is 44.4 Å². The van der Waals surface area contributed by atoms with Crippen LogP contribution in [0.25, 0.3) is 0 Å². The summed E-state index contributed by atoms with van der Waals surface area (Å²) in [6.07, 6.45) is 1.03. The van der Waals surface area contributed by atoms with Gasteiger partial charge in [0.25, 0.3) is 0 Å². The first kappa shape index (κ1) is 14.8. The molecule has 1 aliphatic heterocycles. The zero-order chi connectivity index (χ0) is 14.5. The Balaban J connectivity index is 2.26. The van der Waals surface area contributed by atoms with E-state index in [0.717, 1.165) is 18.5 Å². The number of hydrogen-bond acceptors (Lipinski definition) is 3. The quantitative estimate of drug-likeness (QED) is 0.806. The second-order valence-corrected chi connectivity index (χ2v) is 5.08. The predicted octanol–water partition coefficient (Wildman–Crippen LogP) is 1.65. The lowest BCUT2D eigenvalue weighted by Gasteiger charge is -2.36. The molecule has 1 fully saturated rings. The van der Waals surface area contributed by atoms with Crippen molar-refractivity contribution in [1.82, 2.24) is 10.6 Å². The number of halogens is 1. The van der Waals surface area contributed by atoms with Gasteiger partial charge in [0.15, 0.2) is 0 Å². The maximum atomic E-state index is 14.2. The molecule has 0 aliphatic carbocycles. The number of rotatable bonds is 5. The van der Waals surface area contributed by atoms with Crippen LogP contribution in [0.5, 0.6) is 0 Å². The van der Waals surface area contributed by atoms with Crippen molar-refractivity contribution in [2.24, 2.45) is 0 Å². The van der Waals surface area contributed by atoms with Crippen LogP contribution < -0.4 is 15.5 Å². The summed E-state index contributed by atoms with van der Waals surface area (Å²) in [7, 11) is 0. The van der Waals surface area contributed by atoms with E-state index in [2.05, 4.69) is 17.6 Å². The van der Waals surface area contributed by atoms with E-state index in [1.165, 1.54) is 6.07 Å². The fourth-order valence-corrected chi connectivity index (χ4v) is 2.51. The molecule has 4 nitrogen and oxygen atoms in total. The van der Waals surface area contributed by atoms with Gasteiger partial charge in [0.05, 0.1) is 5.69 Å². The van der Waals surface area contributed by atoms with Crippen molar-refractivity contribution >= 4 is 11.6 Å². The first-order chi connectivity index (χ1) is 9.65. The van der Waals surface area contributed by atoms with Crippen LogP contribution in [0.1, 0.15) is 25.8 Å². The molecule has 0 spiro atoms. The van der Waals surface area contributed by atoms with E-state index in [1.54, 1.807) is 6.07 Å². The third-order valence-corrected chi connectivity index (χ3v) is 3.60. The van der Waals surface area contributed by atoms with Gasteiger partial charge in [-0.3, -0.25) is 4.79 Å². The minimum atomic E-state index is -0.342. The molecule has 1 aromatic rings. The van der Waals surface area contributed by atoms with Crippen molar-refractivity contribution in [3.63, 3.8) is 0 Å². The van der Waals surface area contributed by atoms with Crippen LogP contribution in [0.2, 0.25) is 0 Å². The van der Waals surface area contributed by atoms with Gasteiger partial charge in [-0.15, -0.1) is 0 Å². The number of anilines is 1. The van der Waals surface area contributed by atoms with E-state index in [1.807, 2.05) is 17.9 Å². The van der Waals surface area contributed by atoms with Gasteiger partial charge >= 0.3 is 0 Å². The second-order valence-electron chi connectivity index (χ2n) is 5.08. The summed E-state index contributed by atoms with van der Waals surface area (Å²) in [5.74, 6) is -0.311. The fourth-order valence-electron chi connectivity index (χ4n) is 2.51. The lowest BCUT2D eigenvalue weighted by atomic mass is 10.1. The largest absolute Gasteiger partial charge is 0.355 e. The number of amides is 1. The summed E-state index contributed by atoms with van der Waals surface area (Å²) in [5.41, 5.74) is 1.46. The Bertz CT molecular complexity index is 478. The van der Waals surface area contributed by atoms with E-state index < -0.39 is 0 Å². The molecule has 0 radical (unpaired) electrons. The zero-order valence-corrected chi connectivity index (χ0v) is 12.1. The van der Waals surface area contributed by atoms with Crippen LogP contribution in [0.4, 0.5) is 10.1 Å². The molecule has 1 aromatic carbocycles. The number of nitrogens with zero attached hydrogens (tertiary/aromatic N) is 1. The van der Waals surface area contributed by atoms with Crippen LogP contribution in [0.3, 0.4) is 0 Å². The van der Waals surface area contributed by atoms with E-state index >= 15 is 0 Å². The van der Waals surface area contributed by atoms with E-state index in [9.17, 15) is 9.18 Å². The van der Waals surface area contributed by atoms with Gasteiger partial charge in [-0.1, -0.05) is 19.1 Å². The predicted molar refractivity (Wildman–Crippen MR) is 78.2 cm³/mol. The molecule has 0 saturated carbocycles. The standard InChI is InChI=1S/C15H22FN3O/c1-3-7-17-10-12-5-4-6-13(16)14(12)19-9-8-18-15(20)11(19)2/h4-6,11,17H,3,7-10H2,1-2H3,(H,18,20). The molecule has 1 aliphatic rings. The summed E-state index contributed by atoms with van der Waals surface area (Å²) in [6.45, 7) is 6.60. The fraction of sp³-hybridized carbons (Fsp3) is 0.533. The lowest BCUT2D eigenvalue weighted by Crippen LogP contribution is -2.54. The summed E-state index contributed by atoms with van der Waals surface area (Å²) < 4.78 is 14.2. The zero-order valence-electron chi connectivity index (χ0n) is 12.1. The maximum Gasteiger partial charge on any atom is 0.242 e. The van der Waals surface area contributed by atoms with Gasteiger partial charge in [-0.25, -0.2) is 4.39 Å². The third kappa shape index (κ3) is 3.10. The molecule has 20 heavy (non-hydrogen) atoms. The Morgan fingerprint density at radius 1 is 1.50 bits per heavy atom. The monoisotopic (exact) mass is 279 g/mol. The Morgan fingerprint density at radius 2 is 2.30 bits per heavy atom. The van der Waals surface area contributed by atoms with Gasteiger partial charge in [0, 0.05) is 19.6 Å². The number of nitrogens with one attached hydrogen (secondary N) is 2. The highest BCUT2D eigenvalue weighted by molar-refractivity contribution is 5.86. The van der Waals surface area contributed by atoms with Gasteiger partial charge < -0.3 is 15.5 Å². The van der Waals surface area contributed by atoms with Crippen LogP contribution in [-0.2, 0) is 11.3 Å². The number of benzene rings is 1. The Labute approximate surface area is 119 Å². The van der Waals surface area contributed by atoms with Crippen molar-refractivity contribution in [2.75, 3.05) is 24.5 Å². The molecular formula is C15H22FN3O. The highest BCUT2D eigenvalue weighted by Gasteiger charge is 2.28. The molecule has 1 amide bonds. The number of hydrogen-bond donors (Lipinski definition) is 2. The summed E-state index contributed by atoms with van der Waals surface area (Å²) in [4.78, 5) is 13.6. The first-order valence-corrected chi connectivity index (χ1v) is 7.17. The number of para-hydroxylation sites is 1. The average molecular weight is 279 g/mol. The number of carbonyl (C=O) groups excluding carboxylic acids is 1. The molecule has 110 valence electrons. The molecule has 1 heterocycles. The van der Waals surface area contributed by atoms with Crippen LogP contribution in [0.15, 0.2) is 18.2 Å². The average Bonchev–Trinajstić information content (AvgIpc) is 2.43. The molecule has 0 aromatic heterocycles. The highest BCUT2D eigenvalue weighted by Crippen LogP contribution is 2.27. The highest BCUT2D eigenvalue weighted by atomic mass is 19.1. The normalized spacial score (nSPS) is 19.1. The molecule has 1 atom stereocenters. The number of carbonyl (C=O) groups is 1. The minimum absolute atomic E-state index is 0.0491. The molecule has 2 rings (SSSR count). The third-order valence-electron chi connectivity index (χ3n) is 3.60. The molecule has 0 bridgehead atoms. The summed E-state index contributed by atoms with van der Waals surface area (Å²) >= 11 is 0. The van der Waals surface area contributed by atoms with E-state index in [0.29, 0.717) is 25.3 Å². The van der Waals surface area contributed by atoms with E-state index in [-0.39, 0.29) is 17.8 Å². The Hall–Kier alpha value is -1.62. The van der Waals surface area contributed by atoms with Crippen molar-refractivity contribution in [2.45, 2.75) is 32.9 Å². The summed E-state index contributed by atoms with van der Waals surface area (Å²) in [6, 6.07) is 4.75. The van der Waals surface area contributed by atoms with Crippen LogP contribution in [0, 0.1) is 5.82 Å². The molecule has 1 saturated heterocycles. The second kappa shape index (κ2) is 6.70. The molecule has 5 heteroatoms. The van der Waals surface area contributed by atoms with Crippen molar-refractivity contribution in [3.8, 4) is 0 Å². The van der Waals surface area contributed by atoms with Gasteiger partial charge in [-0.2, -0.15) is 0 Å². The summed E-state index contributed by atoms with van der Waals surface area (Å²) in [5, 5.41) is 6.09. The van der Waals surface area contributed by atoms with Crippen LogP contribution >= 0.6 is 0 Å². The Morgan fingerprint density at radius 3 is 3.05 bits per heavy atom. The molecule has 1 unspecified atom stereocenters. The lowest BCUT2D eigenvalue weighted by molar-refractivity contribution is -0.122. The Kier molecular flexibility index (Phi) is 4.95. The van der Waals surface area contributed by atoms with Gasteiger partial charge in [-0.05, 0) is 31.5 Å². The van der Waals surface area contributed by atoms with Crippen molar-refractivity contribution < 1.29 is 9.18 Å². The van der Waals surface area contributed by atoms with E-state index in [4.69, 9.17) is 0 Å². The van der Waals surface area contributed by atoms with Crippen LogP contribution in [-0.4, -0.2) is 31.6 Å². The maximum absolute atomic E-state index is 14.2. The van der Waals surface area contributed by atoms with Crippen molar-refractivity contribution in [3.05, 3.63) is 29.6 Å². The molecule has 2 N–H and O–H groups in total. The first-order valence-electron chi connectivity index (χ1n) is 7.17. The molecular weight excluding hydrogens is 257 g/mol.